The molecule has 2 N–H and O–H groups in total. The number of H-pyrrole nitrogens is 1. The number of carbonyl (C=O) groups is 1. The van der Waals surface area contributed by atoms with E-state index in [1.54, 1.807) is 19.1 Å². The van der Waals surface area contributed by atoms with Gasteiger partial charge in [0.15, 0.2) is 0 Å². The number of benzene rings is 1. The lowest BCUT2D eigenvalue weighted by molar-refractivity contribution is 0.0586. The number of hydrogen-bond acceptors (Lipinski definition) is 9. The number of carbonyl (C=O) groups excluding carboxylic acids is 1. The highest BCUT2D eigenvalue weighted by Gasteiger charge is 2.26. The number of nitrogens with one attached hydrogen (secondary N) is 2. The third-order valence-corrected chi connectivity index (χ3v) is 6.19. The molecule has 0 spiro atoms. The number of hydrogen-bond donors (Lipinski definition) is 3. The summed E-state index contributed by atoms with van der Waals surface area (Å²) < 4.78 is 10.5. The van der Waals surface area contributed by atoms with Gasteiger partial charge in [-0.15, -0.1) is 22.8 Å². The standard InChI is InChI=1S/C14H21N7O2.C9H12OS/c1-10-16-7-11(17-10)9-20-3-5-21(6-4-20)14(22)13-19-18-12(23-13)8-15-2;1-6-4-8(10-3)5-7(2)9(6)11/h7,15H,3-6,8-9H2,1-2H3,(H,16,17);4-5,11H,1-3H3. The van der Waals surface area contributed by atoms with Crippen molar-refractivity contribution in [1.82, 2.24) is 35.3 Å². The average molecular weight is 488 g/mol. The van der Waals surface area contributed by atoms with Crippen LogP contribution in [0.3, 0.4) is 0 Å². The van der Waals surface area contributed by atoms with Gasteiger partial charge in [-0.05, 0) is 51.1 Å². The summed E-state index contributed by atoms with van der Waals surface area (Å²) in [5.41, 5.74) is 3.41. The number of rotatable bonds is 6. The lowest BCUT2D eigenvalue weighted by Gasteiger charge is -2.33. The summed E-state index contributed by atoms with van der Waals surface area (Å²) in [5, 5.41) is 10.6. The topological polar surface area (TPSA) is 112 Å². The molecular weight excluding hydrogens is 454 g/mol. The summed E-state index contributed by atoms with van der Waals surface area (Å²) in [6.45, 7) is 10.2. The maximum atomic E-state index is 12.4. The molecule has 3 aromatic rings. The molecule has 0 atom stereocenters. The molecule has 0 radical (unpaired) electrons. The predicted molar refractivity (Wildman–Crippen MR) is 131 cm³/mol. The number of ether oxygens (including phenoxy) is 1. The van der Waals surface area contributed by atoms with Crippen LogP contribution in [0.25, 0.3) is 0 Å². The van der Waals surface area contributed by atoms with Gasteiger partial charge < -0.3 is 24.4 Å². The molecule has 10 nitrogen and oxygen atoms in total. The highest BCUT2D eigenvalue weighted by molar-refractivity contribution is 7.80. The van der Waals surface area contributed by atoms with Crippen LogP contribution in [0.5, 0.6) is 5.75 Å². The Morgan fingerprint density at radius 1 is 1.18 bits per heavy atom. The van der Waals surface area contributed by atoms with Crippen molar-refractivity contribution in [3.63, 3.8) is 0 Å². The first kappa shape index (κ1) is 25.7. The second-order valence-electron chi connectivity index (χ2n) is 8.20. The maximum absolute atomic E-state index is 12.4. The number of methoxy groups -OCH3 is 1. The van der Waals surface area contributed by atoms with Gasteiger partial charge in [-0.2, -0.15) is 0 Å². The minimum Gasteiger partial charge on any atom is -0.497 e. The normalized spacial score (nSPS) is 14.0. The van der Waals surface area contributed by atoms with Crippen LogP contribution in [0.1, 0.15) is 39.2 Å². The lowest BCUT2D eigenvalue weighted by atomic mass is 10.1. The fraction of sp³-hybridized carbons (Fsp3) is 0.478. The molecule has 1 saturated heterocycles. The van der Waals surface area contributed by atoms with Gasteiger partial charge in [-0.25, -0.2) is 4.98 Å². The smallest absolute Gasteiger partial charge is 0.311 e. The van der Waals surface area contributed by atoms with Gasteiger partial charge in [0, 0.05) is 49.5 Å². The van der Waals surface area contributed by atoms with E-state index in [9.17, 15) is 4.79 Å². The highest BCUT2D eigenvalue weighted by atomic mass is 32.1. The number of nitrogens with zero attached hydrogens (tertiary/aromatic N) is 5. The summed E-state index contributed by atoms with van der Waals surface area (Å²) in [7, 11) is 3.46. The van der Waals surface area contributed by atoms with Crippen molar-refractivity contribution in [2.24, 2.45) is 0 Å². The minimum absolute atomic E-state index is 0.0629. The summed E-state index contributed by atoms with van der Waals surface area (Å²) >= 11 is 4.34. The summed E-state index contributed by atoms with van der Waals surface area (Å²) in [4.78, 5) is 24.9. The third kappa shape index (κ3) is 6.81. The van der Waals surface area contributed by atoms with Gasteiger partial charge in [0.2, 0.25) is 5.89 Å². The predicted octanol–water partition coefficient (Wildman–Crippen LogP) is 2.38. The van der Waals surface area contributed by atoms with Gasteiger partial charge in [0.25, 0.3) is 0 Å². The SMILES string of the molecule is CNCc1nnc(C(=O)N2CCN(Cc3cnc(C)[nH]3)CC2)o1.COc1cc(C)c(S)c(C)c1. The number of piperazine rings is 1. The van der Waals surface area contributed by atoms with Gasteiger partial charge in [0.05, 0.1) is 13.7 Å². The van der Waals surface area contributed by atoms with Crippen molar-refractivity contribution in [1.29, 1.82) is 0 Å². The van der Waals surface area contributed by atoms with E-state index in [1.807, 2.05) is 39.1 Å². The Morgan fingerprint density at radius 2 is 1.85 bits per heavy atom. The van der Waals surface area contributed by atoms with Crippen molar-refractivity contribution >= 4 is 18.5 Å². The Bertz CT molecular complexity index is 1070. The van der Waals surface area contributed by atoms with Crippen molar-refractivity contribution in [3.05, 3.63) is 52.8 Å². The molecule has 11 heteroatoms. The van der Waals surface area contributed by atoms with Gasteiger partial charge >= 0.3 is 11.8 Å². The van der Waals surface area contributed by atoms with E-state index in [1.165, 1.54) is 0 Å². The van der Waals surface area contributed by atoms with Crippen LogP contribution in [0, 0.1) is 20.8 Å². The average Bonchev–Trinajstić information content (AvgIpc) is 3.46. The van der Waals surface area contributed by atoms with Crippen LogP contribution in [-0.4, -0.2) is 76.2 Å². The lowest BCUT2D eigenvalue weighted by Crippen LogP contribution is -2.48. The Balaban J connectivity index is 0.000000248. The van der Waals surface area contributed by atoms with Crippen LogP contribution in [0.15, 0.2) is 27.6 Å². The summed E-state index contributed by atoms with van der Waals surface area (Å²) in [6, 6.07) is 3.96. The number of aromatic nitrogens is 4. The van der Waals surface area contributed by atoms with E-state index in [0.717, 1.165) is 52.9 Å². The van der Waals surface area contributed by atoms with Crippen molar-refractivity contribution < 1.29 is 13.9 Å². The first-order chi connectivity index (χ1) is 16.3. The quantitative estimate of drug-likeness (QED) is 0.455. The first-order valence-corrected chi connectivity index (χ1v) is 11.6. The van der Waals surface area contributed by atoms with E-state index in [4.69, 9.17) is 9.15 Å². The minimum atomic E-state index is -0.197. The number of imidazole rings is 1. The Kier molecular flexibility index (Phi) is 9.08. The highest BCUT2D eigenvalue weighted by Crippen LogP contribution is 2.23. The number of amides is 1. The van der Waals surface area contributed by atoms with Gasteiger partial charge in [0.1, 0.15) is 11.6 Å². The number of thiol groups is 1. The van der Waals surface area contributed by atoms with Gasteiger partial charge in [-0.3, -0.25) is 9.69 Å². The molecule has 1 amide bonds. The Hall–Kier alpha value is -2.89. The fourth-order valence-corrected chi connectivity index (χ4v) is 3.76. The van der Waals surface area contributed by atoms with Crippen LogP contribution < -0.4 is 10.1 Å². The second kappa shape index (κ2) is 12.0. The molecular formula is C23H33N7O3S. The molecule has 1 aliphatic heterocycles. The summed E-state index contributed by atoms with van der Waals surface area (Å²) in [5.74, 6) is 2.11. The Labute approximate surface area is 205 Å². The molecule has 0 bridgehead atoms. The molecule has 0 aliphatic carbocycles. The van der Waals surface area contributed by atoms with E-state index in [-0.39, 0.29) is 11.8 Å². The molecule has 3 heterocycles. The zero-order valence-corrected chi connectivity index (χ0v) is 21.3. The van der Waals surface area contributed by atoms with Crippen molar-refractivity contribution in [2.45, 2.75) is 38.8 Å². The molecule has 1 aliphatic rings. The summed E-state index contributed by atoms with van der Waals surface area (Å²) in [6.07, 6.45) is 1.86. The molecule has 1 fully saturated rings. The fourth-order valence-electron chi connectivity index (χ4n) is 3.63. The maximum Gasteiger partial charge on any atom is 0.311 e. The van der Waals surface area contributed by atoms with E-state index >= 15 is 0 Å². The number of aromatic amines is 1. The molecule has 34 heavy (non-hydrogen) atoms. The third-order valence-electron chi connectivity index (χ3n) is 5.49. The van der Waals surface area contributed by atoms with Crippen LogP contribution >= 0.6 is 12.6 Å². The number of aryl methyl sites for hydroxylation is 3. The first-order valence-electron chi connectivity index (χ1n) is 11.1. The monoisotopic (exact) mass is 487 g/mol. The molecule has 0 unspecified atom stereocenters. The largest absolute Gasteiger partial charge is 0.497 e. The second-order valence-corrected chi connectivity index (χ2v) is 8.65. The van der Waals surface area contributed by atoms with E-state index in [0.29, 0.717) is 25.5 Å². The zero-order chi connectivity index (χ0) is 24.7. The molecule has 0 saturated carbocycles. The van der Waals surface area contributed by atoms with Crippen molar-refractivity contribution in [2.75, 3.05) is 40.3 Å². The molecule has 184 valence electrons. The van der Waals surface area contributed by atoms with Gasteiger partial charge in [-0.1, -0.05) is 0 Å². The van der Waals surface area contributed by atoms with Crippen LogP contribution in [0.2, 0.25) is 0 Å². The van der Waals surface area contributed by atoms with E-state index in [2.05, 4.69) is 43.0 Å². The molecule has 4 rings (SSSR count). The van der Waals surface area contributed by atoms with E-state index < -0.39 is 0 Å². The van der Waals surface area contributed by atoms with Crippen molar-refractivity contribution in [3.8, 4) is 5.75 Å². The van der Waals surface area contributed by atoms with Crippen LogP contribution in [0.4, 0.5) is 0 Å². The zero-order valence-electron chi connectivity index (χ0n) is 20.4. The molecule has 2 aromatic heterocycles. The molecule has 1 aromatic carbocycles. The van der Waals surface area contributed by atoms with Crippen LogP contribution in [-0.2, 0) is 13.1 Å². The Morgan fingerprint density at radius 3 is 2.41 bits per heavy atom.